The molecule has 0 atom stereocenters. The van der Waals surface area contributed by atoms with Crippen molar-refractivity contribution in [2.75, 3.05) is 0 Å². The van der Waals surface area contributed by atoms with E-state index in [1.165, 1.54) is 0 Å². The third kappa shape index (κ3) is 2.67. The van der Waals surface area contributed by atoms with E-state index < -0.39 is 23.4 Å². The molecule has 2 rings (SSSR count). The van der Waals surface area contributed by atoms with Crippen molar-refractivity contribution in [2.45, 2.75) is 13.8 Å². The van der Waals surface area contributed by atoms with Crippen molar-refractivity contribution in [3.8, 4) is 0 Å². The highest BCUT2D eigenvalue weighted by molar-refractivity contribution is 6.15. The van der Waals surface area contributed by atoms with E-state index in [4.69, 9.17) is 0 Å². The molecule has 5 heteroatoms. The van der Waals surface area contributed by atoms with Gasteiger partial charge in [-0.3, -0.25) is 4.79 Å². The summed E-state index contributed by atoms with van der Waals surface area (Å²) < 4.78 is 26.7. The highest BCUT2D eigenvalue weighted by Gasteiger charge is 2.24. The van der Waals surface area contributed by atoms with Crippen molar-refractivity contribution in [1.82, 2.24) is 0 Å². The fraction of sp³-hybridized carbons (Fsp3) is 0.125. The van der Waals surface area contributed by atoms with Gasteiger partial charge in [0.25, 0.3) is 0 Å². The first-order valence-corrected chi connectivity index (χ1v) is 6.16. The van der Waals surface area contributed by atoms with E-state index in [9.17, 15) is 23.5 Å². The molecule has 0 unspecified atom stereocenters. The Morgan fingerprint density at radius 3 is 2.05 bits per heavy atom. The average Bonchev–Trinajstić information content (AvgIpc) is 2.40. The van der Waals surface area contributed by atoms with Crippen LogP contribution in [-0.2, 0) is 0 Å². The molecule has 0 fully saturated rings. The quantitative estimate of drug-likeness (QED) is 0.880. The largest absolute Gasteiger partial charge is 0.478 e. The molecule has 0 aromatic heterocycles. The van der Waals surface area contributed by atoms with E-state index >= 15 is 0 Å². The number of carbonyl (C=O) groups is 2. The van der Waals surface area contributed by atoms with Crippen LogP contribution in [0.15, 0.2) is 30.3 Å². The van der Waals surface area contributed by atoms with Gasteiger partial charge in [0.05, 0.1) is 11.1 Å². The van der Waals surface area contributed by atoms with Gasteiger partial charge in [0, 0.05) is 11.6 Å². The third-order valence-corrected chi connectivity index (χ3v) is 3.24. The predicted molar refractivity (Wildman–Crippen MR) is 72.7 cm³/mol. The van der Waals surface area contributed by atoms with E-state index in [0.29, 0.717) is 17.2 Å². The lowest BCUT2D eigenvalue weighted by Gasteiger charge is -2.12. The number of hydrogen-bond acceptors (Lipinski definition) is 2. The number of carboxylic acid groups (broad SMARTS) is 1. The molecule has 21 heavy (non-hydrogen) atoms. The molecule has 0 spiro atoms. The third-order valence-electron chi connectivity index (χ3n) is 3.24. The number of halogens is 2. The van der Waals surface area contributed by atoms with Gasteiger partial charge in [-0.05, 0) is 37.1 Å². The van der Waals surface area contributed by atoms with Gasteiger partial charge in [0.15, 0.2) is 5.78 Å². The zero-order valence-electron chi connectivity index (χ0n) is 11.4. The van der Waals surface area contributed by atoms with E-state index in [1.807, 2.05) is 0 Å². The zero-order chi connectivity index (χ0) is 15.7. The fourth-order valence-corrected chi connectivity index (χ4v) is 2.19. The second-order valence-electron chi connectivity index (χ2n) is 4.71. The number of benzene rings is 2. The van der Waals surface area contributed by atoms with Gasteiger partial charge < -0.3 is 5.11 Å². The van der Waals surface area contributed by atoms with Crippen LogP contribution in [0, 0.1) is 25.5 Å². The summed E-state index contributed by atoms with van der Waals surface area (Å²) in [6.07, 6.45) is 0. The van der Waals surface area contributed by atoms with Crippen LogP contribution < -0.4 is 0 Å². The van der Waals surface area contributed by atoms with Gasteiger partial charge >= 0.3 is 5.97 Å². The Hall–Kier alpha value is -2.56. The first kappa shape index (κ1) is 14.8. The summed E-state index contributed by atoms with van der Waals surface area (Å²) in [5, 5.41) is 9.27. The van der Waals surface area contributed by atoms with Crippen molar-refractivity contribution in [3.05, 3.63) is 69.8 Å². The van der Waals surface area contributed by atoms with Crippen molar-refractivity contribution in [3.63, 3.8) is 0 Å². The topological polar surface area (TPSA) is 54.4 Å². The number of aryl methyl sites for hydroxylation is 2. The molecule has 0 aliphatic rings. The maximum Gasteiger partial charge on any atom is 0.336 e. The lowest BCUT2D eigenvalue weighted by atomic mass is 9.91. The minimum Gasteiger partial charge on any atom is -0.478 e. The average molecular weight is 290 g/mol. The van der Waals surface area contributed by atoms with Crippen molar-refractivity contribution >= 4 is 11.8 Å². The summed E-state index contributed by atoms with van der Waals surface area (Å²) in [5.74, 6) is -3.85. The number of rotatable bonds is 3. The number of aromatic carboxylic acids is 1. The number of carbonyl (C=O) groups excluding carboxylic acids is 1. The molecule has 0 aliphatic carbocycles. The van der Waals surface area contributed by atoms with Crippen LogP contribution in [0.1, 0.15) is 37.4 Å². The second kappa shape index (κ2) is 5.44. The van der Waals surface area contributed by atoms with Crippen LogP contribution in [0.25, 0.3) is 0 Å². The van der Waals surface area contributed by atoms with Crippen molar-refractivity contribution in [1.29, 1.82) is 0 Å². The predicted octanol–water partition coefficient (Wildman–Crippen LogP) is 3.51. The van der Waals surface area contributed by atoms with Crippen LogP contribution in [0.5, 0.6) is 0 Å². The van der Waals surface area contributed by atoms with Gasteiger partial charge in [0.1, 0.15) is 11.6 Å². The number of ketones is 1. The Bertz CT molecular complexity index is 751. The highest BCUT2D eigenvalue weighted by Crippen LogP contribution is 2.23. The lowest BCUT2D eigenvalue weighted by Crippen LogP contribution is -2.14. The van der Waals surface area contributed by atoms with Gasteiger partial charge in [-0.15, -0.1) is 0 Å². The first-order chi connectivity index (χ1) is 9.82. The molecule has 0 saturated heterocycles. The molecule has 1 N–H and O–H groups in total. The van der Waals surface area contributed by atoms with Gasteiger partial charge in [-0.2, -0.15) is 0 Å². The first-order valence-electron chi connectivity index (χ1n) is 6.16. The smallest absolute Gasteiger partial charge is 0.336 e. The van der Waals surface area contributed by atoms with E-state index in [-0.39, 0.29) is 16.7 Å². The van der Waals surface area contributed by atoms with Crippen LogP contribution >= 0.6 is 0 Å². The minimum absolute atomic E-state index is 0.0759. The Kier molecular flexibility index (Phi) is 3.84. The molecule has 0 amide bonds. The van der Waals surface area contributed by atoms with Crippen LogP contribution in [0.3, 0.4) is 0 Å². The molecule has 0 heterocycles. The molecule has 0 saturated carbocycles. The monoisotopic (exact) mass is 290 g/mol. The maximum atomic E-state index is 13.7. The fourth-order valence-electron chi connectivity index (χ4n) is 2.19. The van der Waals surface area contributed by atoms with E-state index in [0.717, 1.165) is 12.1 Å². The number of hydrogen-bond donors (Lipinski definition) is 1. The summed E-state index contributed by atoms with van der Waals surface area (Å²) >= 11 is 0. The van der Waals surface area contributed by atoms with Crippen molar-refractivity contribution in [2.24, 2.45) is 0 Å². The summed E-state index contributed by atoms with van der Waals surface area (Å²) in [6, 6.07) is 5.74. The summed E-state index contributed by atoms with van der Waals surface area (Å²) in [6.45, 7) is 3.13. The molecule has 108 valence electrons. The zero-order valence-corrected chi connectivity index (χ0v) is 11.4. The van der Waals surface area contributed by atoms with Gasteiger partial charge in [-0.25, -0.2) is 13.6 Å². The van der Waals surface area contributed by atoms with E-state index in [2.05, 4.69) is 0 Å². The Morgan fingerprint density at radius 1 is 0.952 bits per heavy atom. The lowest BCUT2D eigenvalue weighted by molar-refractivity contribution is 0.0691. The molecule has 0 radical (unpaired) electrons. The second-order valence-corrected chi connectivity index (χ2v) is 4.71. The molecule has 2 aromatic rings. The SMILES string of the molecule is Cc1ccc(C)c(C(=O)c2ccc(F)cc2F)c1C(=O)O. The van der Waals surface area contributed by atoms with Crippen LogP contribution in [0.2, 0.25) is 0 Å². The summed E-state index contributed by atoms with van der Waals surface area (Å²) in [4.78, 5) is 23.8. The summed E-state index contributed by atoms with van der Waals surface area (Å²) in [7, 11) is 0. The molecule has 2 aromatic carbocycles. The Labute approximate surface area is 119 Å². The minimum atomic E-state index is -1.26. The molecule has 3 nitrogen and oxygen atoms in total. The number of carboxylic acids is 1. The Balaban J connectivity index is 2.69. The van der Waals surface area contributed by atoms with Crippen LogP contribution in [-0.4, -0.2) is 16.9 Å². The normalized spacial score (nSPS) is 10.5. The molecular formula is C16H12F2O3. The molecular weight excluding hydrogens is 278 g/mol. The Morgan fingerprint density at radius 2 is 1.52 bits per heavy atom. The van der Waals surface area contributed by atoms with Crippen LogP contribution in [0.4, 0.5) is 8.78 Å². The highest BCUT2D eigenvalue weighted by atomic mass is 19.1. The van der Waals surface area contributed by atoms with Gasteiger partial charge in [-0.1, -0.05) is 12.1 Å². The summed E-state index contributed by atoms with van der Waals surface area (Å²) in [5.41, 5.74) is 0.232. The maximum absolute atomic E-state index is 13.7. The standard InChI is InChI=1S/C16H12F2O3/c1-8-3-4-9(2)14(16(20)21)13(8)15(19)11-6-5-10(17)7-12(11)18/h3-7H,1-2H3,(H,20,21). The molecule has 0 aliphatic heterocycles. The van der Waals surface area contributed by atoms with E-state index in [1.54, 1.807) is 26.0 Å². The van der Waals surface area contributed by atoms with Gasteiger partial charge in [0.2, 0.25) is 0 Å². The molecule has 0 bridgehead atoms. The van der Waals surface area contributed by atoms with Crippen molar-refractivity contribution < 1.29 is 23.5 Å².